The molecule has 4 nitrogen and oxygen atoms in total. The molecule has 1 aliphatic rings. The van der Waals surface area contributed by atoms with Crippen LogP contribution in [0.4, 0.5) is 0 Å². The normalized spacial score (nSPS) is 23.9. The Hall–Kier alpha value is -0.320. The maximum atomic E-state index is 11.5. The van der Waals surface area contributed by atoms with Gasteiger partial charge in [0.2, 0.25) is 5.91 Å². The number of carbonyl (C=O) groups excluding carboxylic acids is 1. The van der Waals surface area contributed by atoms with Crippen LogP contribution in [0.2, 0.25) is 0 Å². The summed E-state index contributed by atoms with van der Waals surface area (Å²) in [6, 6.07) is -0.378. The summed E-state index contributed by atoms with van der Waals surface area (Å²) in [5, 5.41) is 0. The van der Waals surface area contributed by atoms with Crippen molar-refractivity contribution in [3.63, 3.8) is 0 Å². The summed E-state index contributed by atoms with van der Waals surface area (Å²) < 4.78 is 0. The van der Waals surface area contributed by atoms with Gasteiger partial charge in [0, 0.05) is 13.1 Å². The van der Waals surface area contributed by atoms with Gasteiger partial charge in [0.25, 0.3) is 0 Å². The van der Waals surface area contributed by atoms with Crippen LogP contribution in [0.3, 0.4) is 0 Å². The summed E-state index contributed by atoms with van der Waals surface area (Å²) in [5.41, 5.74) is 11.1. The van der Waals surface area contributed by atoms with Crippen LogP contribution in [0.1, 0.15) is 19.8 Å². The number of carbonyl (C=O) groups is 1. The van der Waals surface area contributed by atoms with Crippen molar-refractivity contribution < 1.29 is 4.79 Å². The van der Waals surface area contributed by atoms with E-state index in [9.17, 15) is 4.79 Å². The fraction of sp³-hybridized carbons (Fsp3) is 0.889. The molecule has 14 heavy (non-hydrogen) atoms. The van der Waals surface area contributed by atoms with Gasteiger partial charge >= 0.3 is 0 Å². The molecule has 0 radical (unpaired) electrons. The van der Waals surface area contributed by atoms with Crippen molar-refractivity contribution in [2.24, 2.45) is 17.4 Å². The molecular weight excluding hydrogens is 202 g/mol. The predicted molar refractivity (Wildman–Crippen MR) is 59.3 cm³/mol. The molecule has 84 valence electrons. The fourth-order valence-electron chi connectivity index (χ4n) is 1.75. The Morgan fingerprint density at radius 2 is 2.29 bits per heavy atom. The molecule has 2 unspecified atom stereocenters. The third-order valence-corrected chi connectivity index (χ3v) is 2.55. The first-order valence-corrected chi connectivity index (χ1v) is 4.89. The number of halogens is 1. The molecule has 2 atom stereocenters. The topological polar surface area (TPSA) is 72.4 Å². The third kappa shape index (κ3) is 3.44. The lowest BCUT2D eigenvalue weighted by molar-refractivity contribution is -0.133. The summed E-state index contributed by atoms with van der Waals surface area (Å²) >= 11 is 0. The largest absolute Gasteiger partial charge is 0.341 e. The van der Waals surface area contributed by atoms with E-state index in [4.69, 9.17) is 11.5 Å². The first kappa shape index (κ1) is 13.7. The first-order valence-electron chi connectivity index (χ1n) is 4.89. The Labute approximate surface area is 91.4 Å². The lowest BCUT2D eigenvalue weighted by Crippen LogP contribution is -2.47. The predicted octanol–water partition coefficient (Wildman–Crippen LogP) is -0.0473. The summed E-state index contributed by atoms with van der Waals surface area (Å²) in [5.74, 6) is 0.523. The molecule has 1 aliphatic heterocycles. The quantitative estimate of drug-likeness (QED) is 0.687. The number of rotatable bonds is 2. The Morgan fingerprint density at radius 3 is 2.79 bits per heavy atom. The molecule has 0 bridgehead atoms. The Morgan fingerprint density at radius 1 is 1.64 bits per heavy atom. The van der Waals surface area contributed by atoms with Crippen molar-refractivity contribution >= 4 is 18.3 Å². The highest BCUT2D eigenvalue weighted by Crippen LogP contribution is 2.15. The van der Waals surface area contributed by atoms with Crippen molar-refractivity contribution in [3.8, 4) is 0 Å². The van der Waals surface area contributed by atoms with Gasteiger partial charge in [0.05, 0.1) is 6.04 Å². The fourth-order valence-corrected chi connectivity index (χ4v) is 1.75. The molecule has 0 aromatic carbocycles. The van der Waals surface area contributed by atoms with Gasteiger partial charge in [0.15, 0.2) is 0 Å². The summed E-state index contributed by atoms with van der Waals surface area (Å²) in [6.45, 7) is 4.03. The van der Waals surface area contributed by atoms with E-state index in [1.807, 2.05) is 4.90 Å². The molecular formula is C9H20ClN3O. The molecule has 0 aromatic rings. The molecule has 0 spiro atoms. The average molecular weight is 222 g/mol. The van der Waals surface area contributed by atoms with Gasteiger partial charge in [-0.15, -0.1) is 12.4 Å². The van der Waals surface area contributed by atoms with Crippen molar-refractivity contribution in [1.29, 1.82) is 0 Å². The Kier molecular flexibility index (Phi) is 6.08. The number of nitrogens with two attached hydrogens (primary N) is 2. The maximum absolute atomic E-state index is 11.5. The first-order chi connectivity index (χ1) is 6.15. The van der Waals surface area contributed by atoms with Gasteiger partial charge in [-0.1, -0.05) is 0 Å². The molecule has 4 N–H and O–H groups in total. The van der Waals surface area contributed by atoms with Crippen LogP contribution < -0.4 is 11.5 Å². The second-order valence-electron chi connectivity index (χ2n) is 3.82. The van der Waals surface area contributed by atoms with E-state index in [1.54, 1.807) is 6.92 Å². The highest BCUT2D eigenvalue weighted by Gasteiger charge is 2.24. The number of likely N-dealkylation sites (tertiary alicyclic amines) is 1. The van der Waals surface area contributed by atoms with Gasteiger partial charge in [0.1, 0.15) is 0 Å². The summed E-state index contributed by atoms with van der Waals surface area (Å²) in [7, 11) is 0. The van der Waals surface area contributed by atoms with Gasteiger partial charge in [-0.3, -0.25) is 4.79 Å². The zero-order chi connectivity index (χ0) is 9.84. The number of nitrogens with zero attached hydrogens (tertiary/aromatic N) is 1. The Bertz CT molecular complexity index is 187. The molecule has 0 aliphatic carbocycles. The zero-order valence-electron chi connectivity index (χ0n) is 8.61. The molecule has 1 amide bonds. The molecule has 1 rings (SSSR count). The molecule has 5 heteroatoms. The monoisotopic (exact) mass is 221 g/mol. The van der Waals surface area contributed by atoms with Crippen molar-refractivity contribution in [3.05, 3.63) is 0 Å². The van der Waals surface area contributed by atoms with E-state index in [2.05, 4.69) is 0 Å². The minimum Gasteiger partial charge on any atom is -0.341 e. The van der Waals surface area contributed by atoms with Crippen molar-refractivity contribution in [2.45, 2.75) is 25.8 Å². The van der Waals surface area contributed by atoms with Crippen LogP contribution in [0.25, 0.3) is 0 Å². The van der Waals surface area contributed by atoms with Crippen LogP contribution in [0, 0.1) is 5.92 Å². The molecule has 1 fully saturated rings. The molecule has 0 saturated carbocycles. The van der Waals surface area contributed by atoms with Crippen LogP contribution >= 0.6 is 12.4 Å². The van der Waals surface area contributed by atoms with E-state index in [-0.39, 0.29) is 24.4 Å². The number of piperidine rings is 1. The smallest absolute Gasteiger partial charge is 0.239 e. The molecule has 0 aromatic heterocycles. The highest BCUT2D eigenvalue weighted by molar-refractivity contribution is 5.85. The van der Waals surface area contributed by atoms with Crippen LogP contribution in [0.5, 0.6) is 0 Å². The Balaban J connectivity index is 0.00000169. The molecule has 1 heterocycles. The van der Waals surface area contributed by atoms with Gasteiger partial charge in [-0.25, -0.2) is 0 Å². The van der Waals surface area contributed by atoms with E-state index in [0.29, 0.717) is 12.5 Å². The minimum atomic E-state index is -0.378. The molecule has 1 saturated heterocycles. The van der Waals surface area contributed by atoms with Crippen molar-refractivity contribution in [1.82, 2.24) is 4.90 Å². The van der Waals surface area contributed by atoms with E-state index >= 15 is 0 Å². The zero-order valence-corrected chi connectivity index (χ0v) is 9.43. The van der Waals surface area contributed by atoms with Crippen LogP contribution in [-0.2, 0) is 4.79 Å². The lowest BCUT2D eigenvalue weighted by atomic mass is 9.98. The second-order valence-corrected chi connectivity index (χ2v) is 3.82. The van der Waals surface area contributed by atoms with Crippen LogP contribution in [-0.4, -0.2) is 36.5 Å². The van der Waals surface area contributed by atoms with Crippen molar-refractivity contribution in [2.75, 3.05) is 19.6 Å². The van der Waals surface area contributed by atoms with Gasteiger partial charge in [-0.05, 0) is 32.2 Å². The maximum Gasteiger partial charge on any atom is 0.239 e. The van der Waals surface area contributed by atoms with E-state index in [0.717, 1.165) is 25.9 Å². The van der Waals surface area contributed by atoms with Gasteiger partial charge in [-0.2, -0.15) is 0 Å². The van der Waals surface area contributed by atoms with E-state index in [1.165, 1.54) is 0 Å². The number of amides is 1. The van der Waals surface area contributed by atoms with Gasteiger partial charge < -0.3 is 16.4 Å². The summed E-state index contributed by atoms with van der Waals surface area (Å²) in [4.78, 5) is 13.4. The third-order valence-electron chi connectivity index (χ3n) is 2.55. The highest BCUT2D eigenvalue weighted by atomic mass is 35.5. The van der Waals surface area contributed by atoms with E-state index < -0.39 is 0 Å². The average Bonchev–Trinajstić information content (AvgIpc) is 2.16. The second kappa shape index (κ2) is 6.22. The number of hydrogen-bond acceptors (Lipinski definition) is 3. The minimum absolute atomic E-state index is 0. The lowest BCUT2D eigenvalue weighted by Gasteiger charge is -2.33. The number of hydrogen-bond donors (Lipinski definition) is 2. The standard InChI is InChI=1S/C9H19N3O.ClH/c1-7(11)9(13)12-4-2-3-8(5-10)6-12;/h7-8H,2-6,10-11H2,1H3;1H. The summed E-state index contributed by atoms with van der Waals surface area (Å²) in [6.07, 6.45) is 2.19. The van der Waals surface area contributed by atoms with Crippen LogP contribution in [0.15, 0.2) is 0 Å². The SMILES string of the molecule is CC(N)C(=O)N1CCCC(CN)C1.Cl.